The van der Waals surface area contributed by atoms with E-state index in [0.717, 1.165) is 12.8 Å². The number of nitrogens with zero attached hydrogens (tertiary/aromatic N) is 1. The first-order chi connectivity index (χ1) is 8.81. The van der Waals surface area contributed by atoms with Gasteiger partial charge in [0.15, 0.2) is 9.84 Å². The Balaban J connectivity index is 2.10. The highest BCUT2D eigenvalue weighted by molar-refractivity contribution is 7.92. The molecule has 0 unspecified atom stereocenters. The summed E-state index contributed by atoms with van der Waals surface area (Å²) in [6, 6.07) is 0. The van der Waals surface area contributed by atoms with Crippen LogP contribution in [0, 0.1) is 11.3 Å². The van der Waals surface area contributed by atoms with Crippen LogP contribution in [0.15, 0.2) is 0 Å². The Morgan fingerprint density at radius 2 is 2.11 bits per heavy atom. The van der Waals surface area contributed by atoms with Gasteiger partial charge in [0.25, 0.3) is 0 Å². The normalized spacial score (nSPS) is 30.4. The Bertz CT molecular complexity index is 500. The van der Waals surface area contributed by atoms with Gasteiger partial charge in [-0.05, 0) is 18.8 Å². The first-order valence-corrected chi connectivity index (χ1v) is 8.34. The van der Waals surface area contributed by atoms with Crippen molar-refractivity contribution in [2.75, 3.05) is 24.6 Å². The minimum atomic E-state index is -3.36. The molecule has 1 saturated heterocycles. The molecule has 6 nitrogen and oxygen atoms in total. The lowest BCUT2D eigenvalue weighted by Gasteiger charge is -2.23. The van der Waals surface area contributed by atoms with Gasteiger partial charge in [0.2, 0.25) is 5.91 Å². The summed E-state index contributed by atoms with van der Waals surface area (Å²) in [5, 5.41) is 9.40. The van der Waals surface area contributed by atoms with Crippen LogP contribution in [-0.4, -0.2) is 54.9 Å². The number of sulfone groups is 1. The van der Waals surface area contributed by atoms with E-state index < -0.39 is 32.9 Å². The lowest BCUT2D eigenvalue weighted by molar-refractivity contribution is -0.149. The van der Waals surface area contributed by atoms with E-state index in [4.69, 9.17) is 0 Å². The third-order valence-electron chi connectivity index (χ3n) is 4.43. The number of hydrogen-bond donors (Lipinski definition) is 1. The summed E-state index contributed by atoms with van der Waals surface area (Å²) in [4.78, 5) is 24.8. The summed E-state index contributed by atoms with van der Waals surface area (Å²) in [5.41, 5.74) is -0.842. The molecule has 1 amide bonds. The minimum absolute atomic E-state index is 0.0294. The summed E-state index contributed by atoms with van der Waals surface area (Å²) in [6.45, 7) is 2.04. The lowest BCUT2D eigenvalue weighted by atomic mass is 9.81. The molecule has 2 fully saturated rings. The molecule has 0 aromatic heterocycles. The van der Waals surface area contributed by atoms with Gasteiger partial charge in [0.1, 0.15) is 5.75 Å². The topological polar surface area (TPSA) is 91.8 Å². The largest absolute Gasteiger partial charge is 0.481 e. The fourth-order valence-electron chi connectivity index (χ4n) is 3.21. The summed E-state index contributed by atoms with van der Waals surface area (Å²) in [7, 11) is -3.36. The SMILES string of the molecule is CCS(=O)(=O)CC(=O)N1C[C@@H]2CCC[C@@]2(C(=O)O)C1. The van der Waals surface area contributed by atoms with Gasteiger partial charge in [-0.1, -0.05) is 13.3 Å². The van der Waals surface area contributed by atoms with Crippen molar-refractivity contribution in [1.29, 1.82) is 0 Å². The van der Waals surface area contributed by atoms with Gasteiger partial charge in [-0.15, -0.1) is 0 Å². The van der Waals surface area contributed by atoms with Gasteiger partial charge >= 0.3 is 5.97 Å². The zero-order valence-electron chi connectivity index (χ0n) is 11.0. The molecule has 2 aliphatic rings. The number of aliphatic carboxylic acids is 1. The first kappa shape index (κ1) is 14.3. The first-order valence-electron chi connectivity index (χ1n) is 6.52. The van der Waals surface area contributed by atoms with Crippen LogP contribution >= 0.6 is 0 Å². The third kappa shape index (κ3) is 2.48. The van der Waals surface area contributed by atoms with E-state index in [-0.39, 0.29) is 18.2 Å². The van der Waals surface area contributed by atoms with Crippen molar-refractivity contribution >= 4 is 21.7 Å². The maximum Gasteiger partial charge on any atom is 0.311 e. The molecule has 2 rings (SSSR count). The van der Waals surface area contributed by atoms with Gasteiger partial charge in [-0.25, -0.2) is 8.42 Å². The number of carboxylic acid groups (broad SMARTS) is 1. The molecule has 1 N–H and O–H groups in total. The van der Waals surface area contributed by atoms with E-state index in [0.29, 0.717) is 13.0 Å². The average molecular weight is 289 g/mol. The number of amides is 1. The van der Waals surface area contributed by atoms with E-state index >= 15 is 0 Å². The van der Waals surface area contributed by atoms with Gasteiger partial charge in [-0.3, -0.25) is 9.59 Å². The van der Waals surface area contributed by atoms with E-state index in [1.807, 2.05) is 0 Å². The standard InChI is InChI=1S/C12H19NO5S/c1-2-19(17,18)7-10(14)13-6-9-4-3-5-12(9,8-13)11(15)16/h9H,2-8H2,1H3,(H,15,16)/t9-,12+/m0/s1. The van der Waals surface area contributed by atoms with Crippen molar-refractivity contribution in [1.82, 2.24) is 4.90 Å². The quantitative estimate of drug-likeness (QED) is 0.794. The second-order valence-electron chi connectivity index (χ2n) is 5.50. The summed E-state index contributed by atoms with van der Waals surface area (Å²) < 4.78 is 22.9. The molecule has 7 heteroatoms. The molecule has 0 bridgehead atoms. The van der Waals surface area contributed by atoms with Gasteiger partial charge < -0.3 is 10.0 Å². The highest BCUT2D eigenvalue weighted by Gasteiger charge is 2.55. The van der Waals surface area contributed by atoms with Crippen molar-refractivity contribution in [2.24, 2.45) is 11.3 Å². The molecule has 0 spiro atoms. The molecule has 1 aliphatic heterocycles. The monoisotopic (exact) mass is 289 g/mol. The van der Waals surface area contributed by atoms with Gasteiger partial charge in [0, 0.05) is 18.8 Å². The Labute approximate surface area is 112 Å². The number of carboxylic acids is 1. The van der Waals surface area contributed by atoms with Crippen molar-refractivity contribution in [2.45, 2.75) is 26.2 Å². The fraction of sp³-hybridized carbons (Fsp3) is 0.833. The molecule has 1 saturated carbocycles. The predicted octanol–water partition coefficient (Wildman–Crippen LogP) is 0.134. The Morgan fingerprint density at radius 3 is 2.63 bits per heavy atom. The smallest absolute Gasteiger partial charge is 0.311 e. The number of hydrogen-bond acceptors (Lipinski definition) is 4. The lowest BCUT2D eigenvalue weighted by Crippen LogP contribution is -2.39. The fourth-order valence-corrected chi connectivity index (χ4v) is 3.97. The van der Waals surface area contributed by atoms with Crippen LogP contribution in [0.4, 0.5) is 0 Å². The molecule has 2 atom stereocenters. The van der Waals surface area contributed by atoms with Crippen LogP contribution in [0.1, 0.15) is 26.2 Å². The predicted molar refractivity (Wildman–Crippen MR) is 68.3 cm³/mol. The van der Waals surface area contributed by atoms with Gasteiger partial charge in [-0.2, -0.15) is 0 Å². The Kier molecular flexibility index (Phi) is 3.59. The van der Waals surface area contributed by atoms with Crippen LogP contribution in [0.5, 0.6) is 0 Å². The molecule has 108 valence electrons. The van der Waals surface area contributed by atoms with E-state index in [2.05, 4.69) is 0 Å². The number of fused-ring (bicyclic) bond motifs is 1. The number of rotatable bonds is 4. The van der Waals surface area contributed by atoms with E-state index in [1.54, 1.807) is 0 Å². The van der Waals surface area contributed by atoms with Crippen molar-refractivity contribution < 1.29 is 23.1 Å². The van der Waals surface area contributed by atoms with Gasteiger partial charge in [0.05, 0.1) is 5.41 Å². The molecular formula is C12H19NO5S. The summed E-state index contributed by atoms with van der Waals surface area (Å²) in [5.74, 6) is -1.93. The van der Waals surface area contributed by atoms with Crippen molar-refractivity contribution in [3.8, 4) is 0 Å². The maximum atomic E-state index is 12.0. The Hall–Kier alpha value is -1.11. The highest BCUT2D eigenvalue weighted by Crippen LogP contribution is 2.48. The Morgan fingerprint density at radius 1 is 1.42 bits per heavy atom. The molecular weight excluding hydrogens is 270 g/mol. The van der Waals surface area contributed by atoms with Crippen LogP contribution in [0.2, 0.25) is 0 Å². The van der Waals surface area contributed by atoms with Crippen molar-refractivity contribution in [3.05, 3.63) is 0 Å². The van der Waals surface area contributed by atoms with Crippen molar-refractivity contribution in [3.63, 3.8) is 0 Å². The van der Waals surface area contributed by atoms with Crippen LogP contribution < -0.4 is 0 Å². The summed E-state index contributed by atoms with van der Waals surface area (Å²) in [6.07, 6.45) is 2.25. The minimum Gasteiger partial charge on any atom is -0.481 e. The maximum absolute atomic E-state index is 12.0. The zero-order valence-corrected chi connectivity index (χ0v) is 11.8. The second kappa shape index (κ2) is 4.77. The second-order valence-corrected chi connectivity index (χ2v) is 7.85. The van der Waals surface area contributed by atoms with Crippen LogP contribution in [-0.2, 0) is 19.4 Å². The zero-order chi connectivity index (χ0) is 14.3. The average Bonchev–Trinajstić information content (AvgIpc) is 2.85. The number of likely N-dealkylation sites (tertiary alicyclic amines) is 1. The highest BCUT2D eigenvalue weighted by atomic mass is 32.2. The molecule has 19 heavy (non-hydrogen) atoms. The molecule has 0 radical (unpaired) electrons. The molecule has 0 aromatic carbocycles. The molecule has 1 aliphatic carbocycles. The summed E-state index contributed by atoms with van der Waals surface area (Å²) >= 11 is 0. The van der Waals surface area contributed by atoms with Crippen LogP contribution in [0.25, 0.3) is 0 Å². The third-order valence-corrected chi connectivity index (χ3v) is 6.00. The molecule has 1 heterocycles. The van der Waals surface area contributed by atoms with Crippen LogP contribution in [0.3, 0.4) is 0 Å². The van der Waals surface area contributed by atoms with E-state index in [1.165, 1.54) is 11.8 Å². The van der Waals surface area contributed by atoms with E-state index in [9.17, 15) is 23.1 Å². The number of carbonyl (C=O) groups excluding carboxylic acids is 1. The molecule has 0 aromatic rings. The number of carbonyl (C=O) groups is 2.